The zero-order chi connectivity index (χ0) is 13.1. The van der Waals surface area contributed by atoms with Gasteiger partial charge in [-0.1, -0.05) is 0 Å². The summed E-state index contributed by atoms with van der Waals surface area (Å²) in [6, 6.07) is 1.08. The molecule has 18 heavy (non-hydrogen) atoms. The number of nitrogens with one attached hydrogen (secondary N) is 1. The summed E-state index contributed by atoms with van der Waals surface area (Å²) in [5, 5.41) is 7.85. The molecular formula is C14H26N4. The second kappa shape index (κ2) is 5.85. The minimum Gasteiger partial charge on any atom is -0.310 e. The molecule has 0 aromatic carbocycles. The van der Waals surface area contributed by atoms with Gasteiger partial charge in [0.2, 0.25) is 0 Å². The van der Waals surface area contributed by atoms with Crippen molar-refractivity contribution in [2.75, 3.05) is 19.6 Å². The van der Waals surface area contributed by atoms with Crippen LogP contribution in [0.4, 0.5) is 0 Å². The summed E-state index contributed by atoms with van der Waals surface area (Å²) in [4.78, 5) is 2.57. The van der Waals surface area contributed by atoms with E-state index >= 15 is 0 Å². The molecular weight excluding hydrogens is 224 g/mol. The van der Waals surface area contributed by atoms with Crippen LogP contribution in [0.1, 0.15) is 38.8 Å². The van der Waals surface area contributed by atoms with Crippen LogP contribution in [-0.4, -0.2) is 40.4 Å². The van der Waals surface area contributed by atoms with Crippen LogP contribution >= 0.6 is 0 Å². The highest BCUT2D eigenvalue weighted by molar-refractivity contribution is 5.08. The van der Waals surface area contributed by atoms with E-state index in [0.717, 1.165) is 12.5 Å². The normalized spacial score (nSPS) is 22.8. The van der Waals surface area contributed by atoms with Gasteiger partial charge in [0.25, 0.3) is 0 Å². The van der Waals surface area contributed by atoms with E-state index in [9.17, 15) is 0 Å². The monoisotopic (exact) mass is 250 g/mol. The Morgan fingerprint density at radius 3 is 2.78 bits per heavy atom. The van der Waals surface area contributed by atoms with Crippen molar-refractivity contribution in [2.45, 2.75) is 39.3 Å². The topological polar surface area (TPSA) is 33.1 Å². The van der Waals surface area contributed by atoms with Gasteiger partial charge < -0.3 is 10.2 Å². The van der Waals surface area contributed by atoms with Crippen LogP contribution in [-0.2, 0) is 7.05 Å². The van der Waals surface area contributed by atoms with Gasteiger partial charge in [-0.2, -0.15) is 5.10 Å². The van der Waals surface area contributed by atoms with E-state index in [1.807, 2.05) is 17.9 Å². The number of aromatic nitrogens is 2. The van der Waals surface area contributed by atoms with E-state index in [1.165, 1.54) is 25.1 Å². The van der Waals surface area contributed by atoms with Crippen LogP contribution in [0.3, 0.4) is 0 Å². The molecule has 2 heterocycles. The Bertz CT molecular complexity index is 372. The minimum atomic E-state index is 0.395. The maximum atomic E-state index is 4.22. The third-order valence-corrected chi connectivity index (χ3v) is 3.99. The molecule has 2 rings (SSSR count). The van der Waals surface area contributed by atoms with E-state index in [2.05, 4.69) is 42.3 Å². The van der Waals surface area contributed by atoms with Crippen molar-refractivity contribution < 1.29 is 0 Å². The predicted molar refractivity (Wildman–Crippen MR) is 74.4 cm³/mol. The molecule has 1 aliphatic heterocycles. The fraction of sp³-hybridized carbons (Fsp3) is 0.786. The van der Waals surface area contributed by atoms with Gasteiger partial charge in [-0.25, -0.2) is 0 Å². The van der Waals surface area contributed by atoms with Crippen molar-refractivity contribution >= 4 is 0 Å². The molecule has 2 atom stereocenters. The maximum absolute atomic E-state index is 4.22. The zero-order valence-corrected chi connectivity index (χ0v) is 12.1. The number of nitrogens with zero attached hydrogens (tertiary/aromatic N) is 3. The standard InChI is InChI=1S/C14H26N4/c1-11(2)18-6-5-13(9-18)7-15-12(3)14-8-16-17(4)10-14/h8,10-13,15H,5-7,9H2,1-4H3. The second-order valence-corrected chi connectivity index (χ2v) is 5.82. The highest BCUT2D eigenvalue weighted by atomic mass is 15.2. The maximum Gasteiger partial charge on any atom is 0.0537 e. The lowest BCUT2D eigenvalue weighted by molar-refractivity contribution is 0.263. The molecule has 0 spiro atoms. The van der Waals surface area contributed by atoms with Gasteiger partial charge in [0, 0.05) is 37.4 Å². The Labute approximate surface area is 110 Å². The summed E-state index contributed by atoms with van der Waals surface area (Å²) in [6.07, 6.45) is 5.37. The van der Waals surface area contributed by atoms with Gasteiger partial charge >= 0.3 is 0 Å². The SMILES string of the molecule is CC(NCC1CCN(C(C)C)C1)c1cnn(C)c1. The van der Waals surface area contributed by atoms with Crippen LogP contribution < -0.4 is 5.32 Å². The van der Waals surface area contributed by atoms with Crippen LogP contribution in [0.25, 0.3) is 0 Å². The highest BCUT2D eigenvalue weighted by Crippen LogP contribution is 2.19. The summed E-state index contributed by atoms with van der Waals surface area (Å²) in [6.45, 7) is 10.4. The molecule has 0 bridgehead atoms. The van der Waals surface area contributed by atoms with E-state index in [4.69, 9.17) is 0 Å². The van der Waals surface area contributed by atoms with Crippen LogP contribution in [0, 0.1) is 5.92 Å². The summed E-state index contributed by atoms with van der Waals surface area (Å²) in [5.74, 6) is 0.798. The third kappa shape index (κ3) is 3.33. The molecule has 1 fully saturated rings. The average molecular weight is 250 g/mol. The number of rotatable bonds is 5. The first-order valence-electron chi connectivity index (χ1n) is 7.02. The number of hydrogen-bond donors (Lipinski definition) is 1. The first kappa shape index (κ1) is 13.6. The smallest absolute Gasteiger partial charge is 0.0537 e. The van der Waals surface area contributed by atoms with Gasteiger partial charge in [-0.15, -0.1) is 0 Å². The van der Waals surface area contributed by atoms with Crippen molar-refractivity contribution in [1.29, 1.82) is 0 Å². The molecule has 0 amide bonds. The van der Waals surface area contributed by atoms with Gasteiger partial charge in [-0.05, 0) is 46.2 Å². The van der Waals surface area contributed by atoms with E-state index in [0.29, 0.717) is 12.1 Å². The molecule has 1 N–H and O–H groups in total. The molecule has 1 aliphatic rings. The highest BCUT2D eigenvalue weighted by Gasteiger charge is 2.24. The number of hydrogen-bond acceptors (Lipinski definition) is 3. The van der Waals surface area contributed by atoms with Crippen LogP contribution in [0.5, 0.6) is 0 Å². The molecule has 1 aromatic heterocycles. The van der Waals surface area contributed by atoms with Crippen molar-refractivity contribution in [3.63, 3.8) is 0 Å². The van der Waals surface area contributed by atoms with Crippen molar-refractivity contribution in [1.82, 2.24) is 20.0 Å². The fourth-order valence-corrected chi connectivity index (χ4v) is 2.62. The van der Waals surface area contributed by atoms with E-state index < -0.39 is 0 Å². The molecule has 1 saturated heterocycles. The molecule has 0 aliphatic carbocycles. The lowest BCUT2D eigenvalue weighted by atomic mass is 10.1. The molecule has 0 radical (unpaired) electrons. The summed E-state index contributed by atoms with van der Waals surface area (Å²) >= 11 is 0. The van der Waals surface area contributed by atoms with E-state index in [1.54, 1.807) is 0 Å². The van der Waals surface area contributed by atoms with Crippen LogP contribution in [0.2, 0.25) is 0 Å². The quantitative estimate of drug-likeness (QED) is 0.865. The molecule has 0 saturated carbocycles. The molecule has 2 unspecified atom stereocenters. The van der Waals surface area contributed by atoms with Gasteiger partial charge in [0.1, 0.15) is 0 Å². The Kier molecular flexibility index (Phi) is 4.40. The zero-order valence-electron chi connectivity index (χ0n) is 12.1. The first-order valence-corrected chi connectivity index (χ1v) is 7.02. The van der Waals surface area contributed by atoms with Gasteiger partial charge in [0.05, 0.1) is 6.20 Å². The molecule has 1 aromatic rings. The van der Waals surface area contributed by atoms with Crippen molar-refractivity contribution in [3.8, 4) is 0 Å². The Balaban J connectivity index is 1.75. The number of likely N-dealkylation sites (tertiary alicyclic amines) is 1. The van der Waals surface area contributed by atoms with Gasteiger partial charge in [-0.3, -0.25) is 4.68 Å². The average Bonchev–Trinajstić information content (AvgIpc) is 2.94. The van der Waals surface area contributed by atoms with Crippen molar-refractivity contribution in [3.05, 3.63) is 18.0 Å². The summed E-state index contributed by atoms with van der Waals surface area (Å²) < 4.78 is 1.86. The minimum absolute atomic E-state index is 0.395. The summed E-state index contributed by atoms with van der Waals surface area (Å²) in [5.41, 5.74) is 1.27. The van der Waals surface area contributed by atoms with Gasteiger partial charge in [0.15, 0.2) is 0 Å². The first-order chi connectivity index (χ1) is 8.56. The molecule has 102 valence electrons. The van der Waals surface area contributed by atoms with E-state index in [-0.39, 0.29) is 0 Å². The van der Waals surface area contributed by atoms with Crippen molar-refractivity contribution in [2.24, 2.45) is 13.0 Å². The predicted octanol–water partition coefficient (Wildman–Crippen LogP) is 1.80. The van der Waals surface area contributed by atoms with Crippen LogP contribution in [0.15, 0.2) is 12.4 Å². The summed E-state index contributed by atoms with van der Waals surface area (Å²) in [7, 11) is 1.97. The fourth-order valence-electron chi connectivity index (χ4n) is 2.62. The second-order valence-electron chi connectivity index (χ2n) is 5.82. The Morgan fingerprint density at radius 1 is 1.44 bits per heavy atom. The third-order valence-electron chi connectivity index (χ3n) is 3.99. The lowest BCUT2D eigenvalue weighted by Crippen LogP contribution is -2.31. The lowest BCUT2D eigenvalue weighted by Gasteiger charge is -2.21. The largest absolute Gasteiger partial charge is 0.310 e. The Hall–Kier alpha value is -0.870. The molecule has 4 heteroatoms. The number of aryl methyl sites for hydroxylation is 1. The molecule has 4 nitrogen and oxygen atoms in total. The Morgan fingerprint density at radius 2 is 2.22 bits per heavy atom.